The minimum Gasteiger partial charge on any atom is -0.508 e. The lowest BCUT2D eigenvalue weighted by Crippen LogP contribution is -2.46. The number of phenolic OH excluding ortho intramolecular Hbond substituents is 1. The molecular formula is C16H25N3O. The van der Waals surface area contributed by atoms with Crippen molar-refractivity contribution in [2.24, 2.45) is 0 Å². The second-order valence-electron chi connectivity index (χ2n) is 6.07. The first-order chi connectivity index (χ1) is 9.72. The van der Waals surface area contributed by atoms with Gasteiger partial charge in [-0.25, -0.2) is 0 Å². The van der Waals surface area contributed by atoms with Gasteiger partial charge in [0.25, 0.3) is 0 Å². The van der Waals surface area contributed by atoms with Crippen LogP contribution in [0.25, 0.3) is 0 Å². The van der Waals surface area contributed by atoms with Gasteiger partial charge in [0, 0.05) is 45.3 Å². The van der Waals surface area contributed by atoms with E-state index in [1.807, 2.05) is 6.07 Å². The van der Waals surface area contributed by atoms with E-state index in [2.05, 4.69) is 28.2 Å². The molecule has 4 heteroatoms. The Morgan fingerprint density at radius 1 is 1.25 bits per heavy atom. The molecule has 1 aliphatic carbocycles. The fourth-order valence-corrected chi connectivity index (χ4v) is 3.28. The Balaban J connectivity index is 1.46. The summed E-state index contributed by atoms with van der Waals surface area (Å²) in [5.41, 5.74) is 2.68. The molecule has 2 aliphatic rings. The molecule has 0 bridgehead atoms. The Morgan fingerprint density at radius 2 is 2.05 bits per heavy atom. The van der Waals surface area contributed by atoms with Crippen LogP contribution in [0.4, 0.5) is 0 Å². The zero-order valence-corrected chi connectivity index (χ0v) is 12.3. The number of phenols is 1. The Morgan fingerprint density at radius 3 is 2.85 bits per heavy atom. The molecule has 1 fully saturated rings. The van der Waals surface area contributed by atoms with Gasteiger partial charge in [-0.1, -0.05) is 6.07 Å². The first kappa shape index (κ1) is 13.9. The van der Waals surface area contributed by atoms with Crippen LogP contribution in [0.3, 0.4) is 0 Å². The van der Waals surface area contributed by atoms with Crippen molar-refractivity contribution < 1.29 is 5.11 Å². The molecule has 1 unspecified atom stereocenters. The van der Waals surface area contributed by atoms with Gasteiger partial charge in [-0.2, -0.15) is 0 Å². The van der Waals surface area contributed by atoms with Gasteiger partial charge in [-0.3, -0.25) is 4.90 Å². The number of nitrogens with zero attached hydrogens (tertiary/aromatic N) is 2. The highest BCUT2D eigenvalue weighted by Gasteiger charge is 2.22. The highest BCUT2D eigenvalue weighted by atomic mass is 16.3. The predicted molar refractivity (Wildman–Crippen MR) is 81.1 cm³/mol. The maximum absolute atomic E-state index is 9.52. The highest BCUT2D eigenvalue weighted by Crippen LogP contribution is 2.32. The number of aromatic hydroxyl groups is 1. The molecule has 1 heterocycles. The Bertz CT molecular complexity index is 455. The van der Waals surface area contributed by atoms with E-state index < -0.39 is 0 Å². The number of fused-ring (bicyclic) bond motifs is 1. The van der Waals surface area contributed by atoms with Gasteiger partial charge in [-0.15, -0.1) is 0 Å². The van der Waals surface area contributed by atoms with E-state index in [4.69, 9.17) is 0 Å². The van der Waals surface area contributed by atoms with Crippen LogP contribution in [0.15, 0.2) is 18.2 Å². The number of rotatable bonds is 4. The van der Waals surface area contributed by atoms with Crippen LogP contribution in [0.2, 0.25) is 0 Å². The van der Waals surface area contributed by atoms with E-state index >= 15 is 0 Å². The summed E-state index contributed by atoms with van der Waals surface area (Å²) < 4.78 is 0. The molecule has 3 rings (SSSR count). The van der Waals surface area contributed by atoms with Crippen molar-refractivity contribution in [2.75, 3.05) is 46.3 Å². The topological polar surface area (TPSA) is 38.7 Å². The Kier molecular flexibility index (Phi) is 4.24. The van der Waals surface area contributed by atoms with Gasteiger partial charge in [-0.05, 0) is 43.1 Å². The summed E-state index contributed by atoms with van der Waals surface area (Å²) in [6.07, 6.45) is 2.23. The molecule has 0 aromatic heterocycles. The lowest BCUT2D eigenvalue weighted by atomic mass is 10.1. The molecule has 1 saturated heterocycles. The summed E-state index contributed by atoms with van der Waals surface area (Å²) in [5.74, 6) is 0.391. The Labute approximate surface area is 121 Å². The minimum absolute atomic E-state index is 0.391. The first-order valence-electron chi connectivity index (χ1n) is 7.68. The van der Waals surface area contributed by atoms with Gasteiger partial charge >= 0.3 is 0 Å². The molecule has 1 aliphatic heterocycles. The van der Waals surface area contributed by atoms with E-state index in [0.717, 1.165) is 25.9 Å². The zero-order chi connectivity index (χ0) is 13.9. The largest absolute Gasteiger partial charge is 0.508 e. The maximum Gasteiger partial charge on any atom is 0.115 e. The summed E-state index contributed by atoms with van der Waals surface area (Å²) in [7, 11) is 2.19. The molecule has 1 aromatic rings. The number of hydrogen-bond donors (Lipinski definition) is 2. The molecule has 1 aromatic carbocycles. The number of benzene rings is 1. The first-order valence-corrected chi connectivity index (χ1v) is 7.68. The van der Waals surface area contributed by atoms with E-state index in [1.54, 1.807) is 6.07 Å². The van der Waals surface area contributed by atoms with Crippen LogP contribution in [0, 0.1) is 0 Å². The van der Waals surface area contributed by atoms with Gasteiger partial charge in [0.15, 0.2) is 0 Å². The molecule has 0 spiro atoms. The van der Waals surface area contributed by atoms with E-state index in [-0.39, 0.29) is 0 Å². The fourth-order valence-electron chi connectivity index (χ4n) is 3.28. The third-order valence-electron chi connectivity index (χ3n) is 4.62. The van der Waals surface area contributed by atoms with Gasteiger partial charge in [0.2, 0.25) is 0 Å². The van der Waals surface area contributed by atoms with Gasteiger partial charge < -0.3 is 15.3 Å². The van der Waals surface area contributed by atoms with Crippen molar-refractivity contribution in [1.29, 1.82) is 0 Å². The lowest BCUT2D eigenvalue weighted by Gasteiger charge is -2.32. The molecule has 0 radical (unpaired) electrons. The average Bonchev–Trinajstić information content (AvgIpc) is 2.83. The molecule has 0 amide bonds. The fraction of sp³-hybridized carbons (Fsp3) is 0.625. The maximum atomic E-state index is 9.52. The normalized spacial score (nSPS) is 23.9. The van der Waals surface area contributed by atoms with Crippen LogP contribution in [-0.4, -0.2) is 61.2 Å². The third-order valence-corrected chi connectivity index (χ3v) is 4.62. The van der Waals surface area contributed by atoms with Crippen molar-refractivity contribution in [2.45, 2.75) is 18.9 Å². The standard InChI is InChI=1S/C16H25N3O/c1-18-8-10-19(11-9-18)7-6-17-16-5-2-13-12-14(20)3-4-15(13)16/h3-4,12,16-17,20H,2,5-11H2,1H3. The highest BCUT2D eigenvalue weighted by molar-refractivity contribution is 5.39. The second kappa shape index (κ2) is 6.12. The van der Waals surface area contributed by atoms with E-state index in [1.165, 1.54) is 37.3 Å². The van der Waals surface area contributed by atoms with Crippen molar-refractivity contribution in [3.8, 4) is 5.75 Å². The molecule has 20 heavy (non-hydrogen) atoms. The summed E-state index contributed by atoms with van der Waals surface area (Å²) in [6, 6.07) is 6.26. The van der Waals surface area contributed by atoms with E-state index in [0.29, 0.717) is 11.8 Å². The molecule has 110 valence electrons. The van der Waals surface area contributed by atoms with Crippen molar-refractivity contribution in [3.63, 3.8) is 0 Å². The Hall–Kier alpha value is -1.10. The van der Waals surface area contributed by atoms with Crippen molar-refractivity contribution in [1.82, 2.24) is 15.1 Å². The molecule has 4 nitrogen and oxygen atoms in total. The summed E-state index contributed by atoms with van der Waals surface area (Å²) in [6.45, 7) is 6.93. The van der Waals surface area contributed by atoms with Crippen molar-refractivity contribution in [3.05, 3.63) is 29.3 Å². The SMILES string of the molecule is CN1CCN(CCNC2CCc3cc(O)ccc32)CC1. The third kappa shape index (κ3) is 3.14. The molecule has 0 saturated carbocycles. The minimum atomic E-state index is 0.391. The van der Waals surface area contributed by atoms with Gasteiger partial charge in [0.1, 0.15) is 5.75 Å². The number of hydrogen-bond acceptors (Lipinski definition) is 4. The molecular weight excluding hydrogens is 250 g/mol. The predicted octanol–water partition coefficient (Wildman–Crippen LogP) is 1.22. The van der Waals surface area contributed by atoms with Crippen LogP contribution in [-0.2, 0) is 6.42 Å². The van der Waals surface area contributed by atoms with Crippen LogP contribution < -0.4 is 5.32 Å². The lowest BCUT2D eigenvalue weighted by molar-refractivity contribution is 0.153. The smallest absolute Gasteiger partial charge is 0.115 e. The zero-order valence-electron chi connectivity index (χ0n) is 12.3. The second-order valence-corrected chi connectivity index (χ2v) is 6.07. The number of likely N-dealkylation sites (N-methyl/N-ethyl adjacent to an activating group) is 1. The summed E-state index contributed by atoms with van der Waals surface area (Å²) in [5, 5.41) is 13.2. The van der Waals surface area contributed by atoms with Gasteiger partial charge in [0.05, 0.1) is 0 Å². The number of aryl methyl sites for hydroxylation is 1. The monoisotopic (exact) mass is 275 g/mol. The average molecular weight is 275 g/mol. The quantitative estimate of drug-likeness (QED) is 0.866. The number of nitrogens with one attached hydrogen (secondary N) is 1. The summed E-state index contributed by atoms with van der Waals surface area (Å²) in [4.78, 5) is 4.93. The number of piperazine rings is 1. The van der Waals surface area contributed by atoms with E-state index in [9.17, 15) is 5.11 Å². The molecule has 2 N–H and O–H groups in total. The van der Waals surface area contributed by atoms with Crippen LogP contribution >= 0.6 is 0 Å². The van der Waals surface area contributed by atoms with Crippen LogP contribution in [0.5, 0.6) is 5.75 Å². The summed E-state index contributed by atoms with van der Waals surface area (Å²) >= 11 is 0. The molecule has 1 atom stereocenters. The van der Waals surface area contributed by atoms with Crippen molar-refractivity contribution >= 4 is 0 Å². The van der Waals surface area contributed by atoms with Crippen LogP contribution in [0.1, 0.15) is 23.6 Å².